The largest absolute Gasteiger partial charge is 0.481 e. The molecule has 1 aromatic heterocycles. The number of carbonyl (C=O) groups excluding carboxylic acids is 1. The highest BCUT2D eigenvalue weighted by Gasteiger charge is 2.65. The Morgan fingerprint density at radius 2 is 1.94 bits per heavy atom. The minimum atomic E-state index is -0.921. The van der Waals surface area contributed by atoms with Crippen LogP contribution in [0.15, 0.2) is 0 Å². The zero-order chi connectivity index (χ0) is 13.7. The topological polar surface area (TPSA) is 95.1 Å². The normalized spacial score (nSPS) is 24.7. The SMILES string of the molecule is Cc1[nH]nc(NC(=O)[C@H]2[C@@H](C(=O)O)C2(C)C)c1C. The maximum Gasteiger partial charge on any atom is 0.307 e. The molecule has 1 saturated carbocycles. The van der Waals surface area contributed by atoms with Crippen LogP contribution in [-0.4, -0.2) is 27.2 Å². The Morgan fingerprint density at radius 3 is 2.33 bits per heavy atom. The van der Waals surface area contributed by atoms with Crippen molar-refractivity contribution in [2.75, 3.05) is 5.32 Å². The van der Waals surface area contributed by atoms with Crippen LogP contribution in [0.4, 0.5) is 5.82 Å². The molecule has 6 nitrogen and oxygen atoms in total. The standard InChI is InChI=1S/C12H17N3O3/c1-5-6(2)14-15-9(5)13-10(16)7-8(11(17)18)12(7,3)4/h7-8H,1-4H3,(H,17,18)(H2,13,14,15,16)/t7-,8+/m1/s1. The van der Waals surface area contributed by atoms with Gasteiger partial charge in [-0.1, -0.05) is 13.8 Å². The van der Waals surface area contributed by atoms with Crippen LogP contribution in [-0.2, 0) is 9.59 Å². The van der Waals surface area contributed by atoms with E-state index in [2.05, 4.69) is 15.5 Å². The lowest BCUT2D eigenvalue weighted by Gasteiger charge is -2.04. The molecule has 0 aromatic carbocycles. The second-order valence-corrected chi connectivity index (χ2v) is 5.43. The third kappa shape index (κ3) is 1.77. The van der Waals surface area contributed by atoms with E-state index in [-0.39, 0.29) is 5.91 Å². The molecule has 1 aromatic rings. The molecule has 0 aliphatic heterocycles. The van der Waals surface area contributed by atoms with E-state index in [1.54, 1.807) is 13.8 Å². The molecule has 6 heteroatoms. The summed E-state index contributed by atoms with van der Waals surface area (Å²) in [5.41, 5.74) is 1.26. The molecule has 1 amide bonds. The third-order valence-corrected chi connectivity index (χ3v) is 3.87. The lowest BCUT2D eigenvalue weighted by atomic mass is 10.1. The summed E-state index contributed by atoms with van der Waals surface area (Å²) in [6, 6.07) is 0. The molecule has 0 saturated heterocycles. The Bertz CT molecular complexity index is 519. The number of aryl methyl sites for hydroxylation is 1. The second kappa shape index (κ2) is 3.83. The van der Waals surface area contributed by atoms with Crippen molar-refractivity contribution < 1.29 is 14.7 Å². The third-order valence-electron chi connectivity index (χ3n) is 3.87. The first kappa shape index (κ1) is 12.6. The summed E-state index contributed by atoms with van der Waals surface area (Å²) in [6.45, 7) is 7.29. The highest BCUT2D eigenvalue weighted by molar-refractivity contribution is 5.99. The van der Waals surface area contributed by atoms with Crippen molar-refractivity contribution in [1.29, 1.82) is 0 Å². The molecule has 3 N–H and O–H groups in total. The van der Waals surface area contributed by atoms with Crippen LogP contribution in [0.2, 0.25) is 0 Å². The average molecular weight is 251 g/mol. The van der Waals surface area contributed by atoms with Crippen molar-refractivity contribution in [2.24, 2.45) is 17.3 Å². The Labute approximate surface area is 105 Å². The van der Waals surface area contributed by atoms with Crippen molar-refractivity contribution in [3.63, 3.8) is 0 Å². The second-order valence-electron chi connectivity index (χ2n) is 5.43. The van der Waals surface area contributed by atoms with E-state index in [1.807, 2.05) is 13.8 Å². The molecule has 18 heavy (non-hydrogen) atoms. The van der Waals surface area contributed by atoms with Crippen LogP contribution in [0.5, 0.6) is 0 Å². The van der Waals surface area contributed by atoms with Gasteiger partial charge in [0, 0.05) is 11.3 Å². The van der Waals surface area contributed by atoms with Crippen molar-refractivity contribution in [2.45, 2.75) is 27.7 Å². The van der Waals surface area contributed by atoms with Gasteiger partial charge in [0.2, 0.25) is 5.91 Å². The molecule has 2 rings (SSSR count). The van der Waals surface area contributed by atoms with E-state index >= 15 is 0 Å². The number of nitrogens with zero attached hydrogens (tertiary/aromatic N) is 1. The number of anilines is 1. The van der Waals surface area contributed by atoms with Gasteiger partial charge in [0.15, 0.2) is 5.82 Å². The number of carbonyl (C=O) groups is 2. The van der Waals surface area contributed by atoms with Gasteiger partial charge >= 0.3 is 5.97 Å². The van der Waals surface area contributed by atoms with Gasteiger partial charge in [-0.2, -0.15) is 5.10 Å². The van der Waals surface area contributed by atoms with E-state index < -0.39 is 23.2 Å². The number of H-pyrrole nitrogens is 1. The molecule has 1 fully saturated rings. The summed E-state index contributed by atoms with van der Waals surface area (Å²) in [7, 11) is 0. The Balaban J connectivity index is 2.11. The minimum absolute atomic E-state index is 0.276. The molecular weight excluding hydrogens is 234 g/mol. The first-order valence-corrected chi connectivity index (χ1v) is 5.82. The smallest absolute Gasteiger partial charge is 0.307 e. The summed E-state index contributed by atoms with van der Waals surface area (Å²) in [6.07, 6.45) is 0. The van der Waals surface area contributed by atoms with Gasteiger partial charge in [0.1, 0.15) is 0 Å². The molecule has 0 radical (unpaired) electrons. The molecule has 1 aliphatic carbocycles. The van der Waals surface area contributed by atoms with Gasteiger partial charge in [-0.3, -0.25) is 14.7 Å². The number of hydrogen-bond donors (Lipinski definition) is 3. The summed E-state index contributed by atoms with van der Waals surface area (Å²) in [4.78, 5) is 23.1. The van der Waals surface area contributed by atoms with Crippen molar-refractivity contribution >= 4 is 17.7 Å². The zero-order valence-electron chi connectivity index (χ0n) is 10.9. The fourth-order valence-electron chi connectivity index (χ4n) is 2.39. The van der Waals surface area contributed by atoms with Crippen LogP contribution in [0.1, 0.15) is 25.1 Å². The first-order chi connectivity index (χ1) is 8.26. The molecule has 1 heterocycles. The number of carboxylic acids is 1. The van der Waals surface area contributed by atoms with Gasteiger partial charge in [0.05, 0.1) is 11.8 Å². The maximum absolute atomic E-state index is 12.0. The first-order valence-electron chi connectivity index (χ1n) is 5.82. The Hall–Kier alpha value is -1.85. The lowest BCUT2D eigenvalue weighted by molar-refractivity contribution is -0.140. The number of aromatic nitrogens is 2. The number of rotatable bonds is 3. The summed E-state index contributed by atoms with van der Waals surface area (Å²) in [5.74, 6) is -1.83. The van der Waals surface area contributed by atoms with Gasteiger partial charge in [0.25, 0.3) is 0 Å². The number of amides is 1. The molecule has 1 aliphatic rings. The summed E-state index contributed by atoms with van der Waals surface area (Å²) >= 11 is 0. The molecule has 2 atom stereocenters. The van der Waals surface area contributed by atoms with Gasteiger partial charge in [-0.25, -0.2) is 0 Å². The number of nitrogens with one attached hydrogen (secondary N) is 2. The van der Waals surface area contributed by atoms with Crippen LogP contribution >= 0.6 is 0 Å². The summed E-state index contributed by atoms with van der Waals surface area (Å²) in [5, 5.41) is 18.5. The molecule has 0 spiro atoms. The van der Waals surface area contributed by atoms with E-state index in [9.17, 15) is 9.59 Å². The predicted octanol–water partition coefficient (Wildman–Crippen LogP) is 1.32. The Kier molecular flexibility index (Phi) is 2.68. The Morgan fingerprint density at radius 1 is 1.33 bits per heavy atom. The van der Waals surface area contributed by atoms with Crippen molar-refractivity contribution in [3.8, 4) is 0 Å². The fraction of sp³-hybridized carbons (Fsp3) is 0.583. The van der Waals surface area contributed by atoms with Crippen LogP contribution in [0.3, 0.4) is 0 Å². The van der Waals surface area contributed by atoms with E-state index in [0.29, 0.717) is 5.82 Å². The highest BCUT2D eigenvalue weighted by Crippen LogP contribution is 2.58. The van der Waals surface area contributed by atoms with Crippen LogP contribution in [0, 0.1) is 31.1 Å². The summed E-state index contributed by atoms with van der Waals surface area (Å²) < 4.78 is 0. The maximum atomic E-state index is 12.0. The van der Waals surface area contributed by atoms with Gasteiger partial charge in [-0.05, 0) is 19.3 Å². The van der Waals surface area contributed by atoms with Crippen molar-refractivity contribution in [3.05, 3.63) is 11.3 Å². The monoisotopic (exact) mass is 251 g/mol. The minimum Gasteiger partial charge on any atom is -0.481 e. The van der Waals surface area contributed by atoms with E-state index in [1.165, 1.54) is 0 Å². The number of carboxylic acid groups (broad SMARTS) is 1. The quantitative estimate of drug-likeness (QED) is 0.755. The highest BCUT2D eigenvalue weighted by atomic mass is 16.4. The zero-order valence-corrected chi connectivity index (χ0v) is 10.9. The number of aliphatic carboxylic acids is 1. The molecule has 0 bridgehead atoms. The lowest BCUT2D eigenvalue weighted by Crippen LogP contribution is -2.18. The van der Waals surface area contributed by atoms with E-state index in [4.69, 9.17) is 5.11 Å². The van der Waals surface area contributed by atoms with E-state index in [0.717, 1.165) is 11.3 Å². The predicted molar refractivity (Wildman–Crippen MR) is 65.1 cm³/mol. The number of aromatic amines is 1. The van der Waals surface area contributed by atoms with Gasteiger partial charge < -0.3 is 10.4 Å². The average Bonchev–Trinajstić information content (AvgIpc) is 2.73. The molecule has 0 unspecified atom stereocenters. The number of hydrogen-bond acceptors (Lipinski definition) is 3. The molecular formula is C12H17N3O3. The van der Waals surface area contributed by atoms with Crippen LogP contribution < -0.4 is 5.32 Å². The van der Waals surface area contributed by atoms with Gasteiger partial charge in [-0.15, -0.1) is 0 Å². The van der Waals surface area contributed by atoms with Crippen LogP contribution in [0.25, 0.3) is 0 Å². The fourth-order valence-corrected chi connectivity index (χ4v) is 2.39. The van der Waals surface area contributed by atoms with Crippen molar-refractivity contribution in [1.82, 2.24) is 10.2 Å². The molecule has 98 valence electrons.